The van der Waals surface area contributed by atoms with Crippen molar-refractivity contribution in [2.24, 2.45) is 5.84 Å². The molecule has 1 atom stereocenters. The lowest BCUT2D eigenvalue weighted by Crippen LogP contribution is -2.31. The quantitative estimate of drug-likeness (QED) is 0.619. The van der Waals surface area contributed by atoms with Crippen molar-refractivity contribution in [2.45, 2.75) is 32.9 Å². The van der Waals surface area contributed by atoms with Crippen molar-refractivity contribution in [1.82, 2.24) is 20.2 Å². The van der Waals surface area contributed by atoms with E-state index >= 15 is 0 Å². The topological polar surface area (TPSA) is 68.8 Å². The van der Waals surface area contributed by atoms with Gasteiger partial charge in [0.2, 0.25) is 0 Å². The maximum Gasteiger partial charge on any atom is 0.0881 e. The van der Waals surface area contributed by atoms with Crippen molar-refractivity contribution in [3.63, 3.8) is 0 Å². The van der Waals surface area contributed by atoms with Crippen LogP contribution in [0.4, 0.5) is 0 Å². The van der Waals surface area contributed by atoms with Crippen LogP contribution in [0.3, 0.4) is 0 Å². The largest absolute Gasteiger partial charge is 0.271 e. The van der Waals surface area contributed by atoms with Gasteiger partial charge in [-0.3, -0.25) is 15.5 Å². The molecule has 0 aliphatic rings. The van der Waals surface area contributed by atoms with E-state index in [0.717, 1.165) is 29.8 Å². The molecule has 0 fully saturated rings. The van der Waals surface area contributed by atoms with Crippen molar-refractivity contribution in [2.75, 3.05) is 0 Å². The second-order valence-corrected chi connectivity index (χ2v) is 4.31. The number of hydrazine groups is 1. The van der Waals surface area contributed by atoms with Crippen molar-refractivity contribution < 1.29 is 0 Å². The maximum absolute atomic E-state index is 5.72. The minimum absolute atomic E-state index is 0.0537. The number of rotatable bonds is 5. The van der Waals surface area contributed by atoms with Gasteiger partial charge in [-0.05, 0) is 36.6 Å². The summed E-state index contributed by atoms with van der Waals surface area (Å²) in [7, 11) is 0. The molecule has 2 aromatic rings. The summed E-state index contributed by atoms with van der Waals surface area (Å²) in [5.74, 6) is 5.72. The molecule has 3 N–H and O–H groups in total. The molecule has 0 saturated carbocycles. The van der Waals surface area contributed by atoms with Crippen LogP contribution < -0.4 is 11.3 Å². The standard InChI is InChI=1S/C13H19N5/c1-3-8-18-12(5-7-16-18)13(17-14)11-4-6-15-9-10(11)2/h4-7,9,13,17H,3,8,14H2,1-2H3. The molecule has 0 aliphatic heterocycles. The molecule has 0 amide bonds. The van der Waals surface area contributed by atoms with E-state index in [4.69, 9.17) is 5.84 Å². The van der Waals surface area contributed by atoms with Gasteiger partial charge in [-0.15, -0.1) is 0 Å². The molecule has 0 radical (unpaired) electrons. The molecule has 5 nitrogen and oxygen atoms in total. The zero-order valence-electron chi connectivity index (χ0n) is 10.8. The van der Waals surface area contributed by atoms with Gasteiger partial charge in [0.1, 0.15) is 0 Å². The molecule has 18 heavy (non-hydrogen) atoms. The summed E-state index contributed by atoms with van der Waals surface area (Å²) in [6.45, 7) is 5.06. The number of nitrogens with zero attached hydrogens (tertiary/aromatic N) is 3. The molecule has 0 aromatic carbocycles. The minimum Gasteiger partial charge on any atom is -0.271 e. The third kappa shape index (κ3) is 2.42. The molecule has 0 aliphatic carbocycles. The van der Waals surface area contributed by atoms with Crippen molar-refractivity contribution >= 4 is 0 Å². The minimum atomic E-state index is -0.0537. The Labute approximate surface area is 107 Å². The van der Waals surface area contributed by atoms with E-state index in [1.807, 2.05) is 36.1 Å². The van der Waals surface area contributed by atoms with Gasteiger partial charge in [0, 0.05) is 25.1 Å². The lowest BCUT2D eigenvalue weighted by molar-refractivity contribution is 0.519. The van der Waals surface area contributed by atoms with Crippen LogP contribution in [0.15, 0.2) is 30.7 Å². The predicted molar refractivity (Wildman–Crippen MR) is 70.7 cm³/mol. The van der Waals surface area contributed by atoms with Crippen molar-refractivity contribution in [3.05, 3.63) is 47.5 Å². The zero-order valence-corrected chi connectivity index (χ0v) is 10.8. The average molecular weight is 245 g/mol. The molecule has 96 valence electrons. The molecule has 2 rings (SSSR count). The van der Waals surface area contributed by atoms with Crippen molar-refractivity contribution in [3.8, 4) is 0 Å². The Morgan fingerprint density at radius 3 is 2.89 bits per heavy atom. The molecule has 0 bridgehead atoms. The first kappa shape index (κ1) is 12.7. The summed E-state index contributed by atoms with van der Waals surface area (Å²) in [6.07, 6.45) is 6.49. The number of nitrogens with two attached hydrogens (primary N) is 1. The number of aryl methyl sites for hydroxylation is 2. The van der Waals surface area contributed by atoms with E-state index in [2.05, 4.69) is 22.4 Å². The third-order valence-corrected chi connectivity index (χ3v) is 3.02. The average Bonchev–Trinajstić information content (AvgIpc) is 2.82. The van der Waals surface area contributed by atoms with Crippen LogP contribution in [0.2, 0.25) is 0 Å². The van der Waals surface area contributed by atoms with E-state index in [0.29, 0.717) is 0 Å². The van der Waals surface area contributed by atoms with Crippen LogP contribution in [0, 0.1) is 6.92 Å². The van der Waals surface area contributed by atoms with Gasteiger partial charge in [-0.1, -0.05) is 6.92 Å². The van der Waals surface area contributed by atoms with Gasteiger partial charge in [0.15, 0.2) is 0 Å². The highest BCUT2D eigenvalue weighted by Gasteiger charge is 2.18. The molecular weight excluding hydrogens is 226 g/mol. The summed E-state index contributed by atoms with van der Waals surface area (Å²) >= 11 is 0. The number of pyridine rings is 1. The molecule has 2 heterocycles. The SMILES string of the molecule is CCCn1nccc1C(NN)c1ccncc1C. The number of hydrogen-bond donors (Lipinski definition) is 2. The Bertz CT molecular complexity index is 506. The monoisotopic (exact) mass is 245 g/mol. The first-order valence-corrected chi connectivity index (χ1v) is 6.16. The Morgan fingerprint density at radius 2 is 2.22 bits per heavy atom. The number of hydrogen-bond acceptors (Lipinski definition) is 4. The Balaban J connectivity index is 2.39. The smallest absolute Gasteiger partial charge is 0.0881 e. The van der Waals surface area contributed by atoms with Crippen molar-refractivity contribution in [1.29, 1.82) is 0 Å². The Kier molecular flexibility index (Phi) is 4.07. The predicted octanol–water partition coefficient (Wildman–Crippen LogP) is 1.55. The normalized spacial score (nSPS) is 12.6. The van der Waals surface area contributed by atoms with Crippen LogP contribution >= 0.6 is 0 Å². The van der Waals surface area contributed by atoms with Crippen LogP contribution in [-0.2, 0) is 6.54 Å². The van der Waals surface area contributed by atoms with Gasteiger partial charge in [-0.25, -0.2) is 5.43 Å². The van der Waals surface area contributed by atoms with Gasteiger partial charge < -0.3 is 0 Å². The fraction of sp³-hybridized carbons (Fsp3) is 0.385. The van der Waals surface area contributed by atoms with Gasteiger partial charge in [0.25, 0.3) is 0 Å². The van der Waals surface area contributed by atoms with Gasteiger partial charge >= 0.3 is 0 Å². The second-order valence-electron chi connectivity index (χ2n) is 4.31. The summed E-state index contributed by atoms with van der Waals surface area (Å²) in [6, 6.07) is 3.94. The second kappa shape index (κ2) is 5.75. The lowest BCUT2D eigenvalue weighted by atomic mass is 10.0. The highest BCUT2D eigenvalue weighted by atomic mass is 15.3. The van der Waals surface area contributed by atoms with Crippen LogP contribution in [0.25, 0.3) is 0 Å². The van der Waals surface area contributed by atoms with E-state index in [1.54, 1.807) is 6.20 Å². The summed E-state index contributed by atoms with van der Waals surface area (Å²) in [4.78, 5) is 4.11. The lowest BCUT2D eigenvalue weighted by Gasteiger charge is -2.19. The van der Waals surface area contributed by atoms with E-state index in [1.165, 1.54) is 0 Å². The number of nitrogens with one attached hydrogen (secondary N) is 1. The van der Waals surface area contributed by atoms with Crippen LogP contribution in [0.1, 0.15) is 36.2 Å². The van der Waals surface area contributed by atoms with E-state index in [9.17, 15) is 0 Å². The highest BCUT2D eigenvalue weighted by molar-refractivity contribution is 5.31. The molecule has 0 spiro atoms. The molecular formula is C13H19N5. The van der Waals surface area contributed by atoms with E-state index < -0.39 is 0 Å². The Morgan fingerprint density at radius 1 is 1.39 bits per heavy atom. The summed E-state index contributed by atoms with van der Waals surface area (Å²) in [5.41, 5.74) is 6.19. The van der Waals surface area contributed by atoms with Crippen LogP contribution in [-0.4, -0.2) is 14.8 Å². The first-order chi connectivity index (χ1) is 8.77. The summed E-state index contributed by atoms with van der Waals surface area (Å²) in [5, 5.41) is 4.34. The molecule has 0 saturated heterocycles. The number of aromatic nitrogens is 3. The first-order valence-electron chi connectivity index (χ1n) is 6.16. The Hall–Kier alpha value is -1.72. The fourth-order valence-electron chi connectivity index (χ4n) is 2.13. The highest BCUT2D eigenvalue weighted by Crippen LogP contribution is 2.23. The van der Waals surface area contributed by atoms with Gasteiger partial charge in [-0.2, -0.15) is 5.10 Å². The molecule has 2 aromatic heterocycles. The van der Waals surface area contributed by atoms with Crippen LogP contribution in [0.5, 0.6) is 0 Å². The van der Waals surface area contributed by atoms with Gasteiger partial charge in [0.05, 0.1) is 11.7 Å². The maximum atomic E-state index is 5.72. The fourth-order valence-corrected chi connectivity index (χ4v) is 2.13. The summed E-state index contributed by atoms with van der Waals surface area (Å²) < 4.78 is 1.99. The molecule has 5 heteroatoms. The van der Waals surface area contributed by atoms with E-state index in [-0.39, 0.29) is 6.04 Å². The third-order valence-electron chi connectivity index (χ3n) is 3.02. The molecule has 1 unspecified atom stereocenters. The zero-order chi connectivity index (χ0) is 13.0.